The molecule has 0 aliphatic heterocycles. The Kier molecular flexibility index (Phi) is 4.23. The molecule has 0 bridgehead atoms. The molecule has 0 radical (unpaired) electrons. The fourth-order valence-corrected chi connectivity index (χ4v) is 1.05. The van der Waals surface area contributed by atoms with Gasteiger partial charge < -0.3 is 4.52 Å². The highest BCUT2D eigenvalue weighted by Gasteiger charge is 2.05. The van der Waals surface area contributed by atoms with Crippen molar-refractivity contribution in [3.63, 3.8) is 0 Å². The molecular formula is C7H17O2P. The summed E-state index contributed by atoms with van der Waals surface area (Å²) in [6.07, 6.45) is 0.992. The summed E-state index contributed by atoms with van der Waals surface area (Å²) in [5, 5.41) is 0. The van der Waals surface area contributed by atoms with Crippen molar-refractivity contribution in [2.45, 2.75) is 20.3 Å². The summed E-state index contributed by atoms with van der Waals surface area (Å²) in [5.41, 5.74) is 0. The molecular weight excluding hydrogens is 147 g/mol. The van der Waals surface area contributed by atoms with E-state index in [0.717, 1.165) is 6.42 Å². The van der Waals surface area contributed by atoms with E-state index in [1.807, 2.05) is 0 Å². The van der Waals surface area contributed by atoms with Gasteiger partial charge in [-0.2, -0.15) is 0 Å². The molecule has 3 heteroatoms. The summed E-state index contributed by atoms with van der Waals surface area (Å²) in [6, 6.07) is 0. The van der Waals surface area contributed by atoms with Gasteiger partial charge in [-0.25, -0.2) is 0 Å². The monoisotopic (exact) mass is 164 g/mol. The minimum absolute atomic E-state index is 0.627. The highest BCUT2D eigenvalue weighted by atomic mass is 31.2. The summed E-state index contributed by atoms with van der Waals surface area (Å²) < 4.78 is 16.1. The van der Waals surface area contributed by atoms with Gasteiger partial charge in [-0.3, -0.25) is 4.57 Å². The van der Waals surface area contributed by atoms with Crippen LogP contribution in [0.3, 0.4) is 0 Å². The third-order valence-corrected chi connectivity index (χ3v) is 1.90. The zero-order valence-electron chi connectivity index (χ0n) is 7.26. The van der Waals surface area contributed by atoms with Gasteiger partial charge in [0.05, 0.1) is 6.61 Å². The van der Waals surface area contributed by atoms with Crippen LogP contribution in [0.15, 0.2) is 0 Å². The molecule has 0 aliphatic rings. The molecule has 10 heavy (non-hydrogen) atoms. The molecule has 2 nitrogen and oxygen atoms in total. The van der Waals surface area contributed by atoms with E-state index in [9.17, 15) is 4.57 Å². The summed E-state index contributed by atoms with van der Waals surface area (Å²) in [6.45, 7) is 8.17. The van der Waals surface area contributed by atoms with E-state index in [1.54, 1.807) is 13.3 Å². The van der Waals surface area contributed by atoms with Gasteiger partial charge in [0, 0.05) is 13.3 Å². The maximum atomic E-state index is 11.0. The smallest absolute Gasteiger partial charge is 0.197 e. The average Bonchev–Trinajstić information content (AvgIpc) is 1.59. The first-order chi connectivity index (χ1) is 4.42. The van der Waals surface area contributed by atoms with E-state index in [4.69, 9.17) is 4.52 Å². The standard InChI is InChI=1S/C7H17O2P/c1-7(2)5-6-9-10(3,4)8/h7H,5-6H2,1-4H3. The minimum Gasteiger partial charge on any atom is -0.329 e. The summed E-state index contributed by atoms with van der Waals surface area (Å²) in [4.78, 5) is 0. The summed E-state index contributed by atoms with van der Waals surface area (Å²) in [7, 11) is -2.22. The van der Waals surface area contributed by atoms with E-state index >= 15 is 0 Å². The number of hydrogen-bond acceptors (Lipinski definition) is 2. The largest absolute Gasteiger partial charge is 0.329 e. The Morgan fingerprint density at radius 1 is 1.40 bits per heavy atom. The Labute approximate surface area is 63.4 Å². The lowest BCUT2D eigenvalue weighted by molar-refractivity contribution is 0.294. The molecule has 0 amide bonds. The molecule has 0 atom stereocenters. The van der Waals surface area contributed by atoms with Gasteiger partial charge in [0.15, 0.2) is 7.37 Å². The SMILES string of the molecule is CC(C)CCOP(C)(C)=O. The molecule has 0 rings (SSSR count). The van der Waals surface area contributed by atoms with Crippen molar-refractivity contribution in [1.29, 1.82) is 0 Å². The third-order valence-electron chi connectivity index (χ3n) is 1.10. The second-order valence-electron chi connectivity index (χ2n) is 3.27. The lowest BCUT2D eigenvalue weighted by Crippen LogP contribution is -1.96. The van der Waals surface area contributed by atoms with Crippen LogP contribution in [0.4, 0.5) is 0 Å². The topological polar surface area (TPSA) is 26.3 Å². The van der Waals surface area contributed by atoms with Crippen LogP contribution in [-0.4, -0.2) is 19.9 Å². The lowest BCUT2D eigenvalue weighted by Gasteiger charge is -2.08. The van der Waals surface area contributed by atoms with E-state index < -0.39 is 7.37 Å². The molecule has 0 aliphatic carbocycles. The van der Waals surface area contributed by atoms with Crippen LogP contribution >= 0.6 is 7.37 Å². The van der Waals surface area contributed by atoms with Crippen molar-refractivity contribution in [2.75, 3.05) is 19.9 Å². The zero-order chi connectivity index (χ0) is 8.20. The van der Waals surface area contributed by atoms with Gasteiger partial charge in [-0.1, -0.05) is 13.8 Å². The Bertz CT molecular complexity index is 126. The Balaban J connectivity index is 3.30. The van der Waals surface area contributed by atoms with Crippen LogP contribution in [0, 0.1) is 5.92 Å². The third kappa shape index (κ3) is 8.19. The fraction of sp³-hybridized carbons (Fsp3) is 1.00. The second-order valence-corrected chi connectivity index (χ2v) is 6.03. The number of rotatable bonds is 4. The molecule has 0 aromatic heterocycles. The molecule has 0 saturated heterocycles. The zero-order valence-corrected chi connectivity index (χ0v) is 8.15. The normalized spacial score (nSPS) is 12.5. The van der Waals surface area contributed by atoms with Crippen LogP contribution in [0.25, 0.3) is 0 Å². The molecule has 0 heterocycles. The van der Waals surface area contributed by atoms with Gasteiger partial charge >= 0.3 is 0 Å². The summed E-state index contributed by atoms with van der Waals surface area (Å²) >= 11 is 0. The summed E-state index contributed by atoms with van der Waals surface area (Å²) in [5.74, 6) is 0.631. The van der Waals surface area contributed by atoms with Crippen molar-refractivity contribution in [3.8, 4) is 0 Å². The quantitative estimate of drug-likeness (QED) is 0.597. The van der Waals surface area contributed by atoms with Crippen LogP contribution < -0.4 is 0 Å². The van der Waals surface area contributed by atoms with Gasteiger partial charge in [0.25, 0.3) is 0 Å². The molecule has 0 N–H and O–H groups in total. The van der Waals surface area contributed by atoms with E-state index in [2.05, 4.69) is 13.8 Å². The molecule has 0 aromatic carbocycles. The maximum absolute atomic E-state index is 11.0. The highest BCUT2D eigenvalue weighted by molar-refractivity contribution is 7.57. The van der Waals surface area contributed by atoms with Gasteiger partial charge in [0.1, 0.15) is 0 Å². The van der Waals surface area contributed by atoms with Crippen molar-refractivity contribution < 1.29 is 9.09 Å². The Hall–Kier alpha value is 0.190. The minimum atomic E-state index is -2.22. The fourth-order valence-electron chi connectivity index (χ4n) is 0.508. The molecule has 0 spiro atoms. The van der Waals surface area contributed by atoms with Gasteiger partial charge in [0.2, 0.25) is 0 Å². The van der Waals surface area contributed by atoms with Crippen LogP contribution in [0.1, 0.15) is 20.3 Å². The first kappa shape index (κ1) is 10.2. The van der Waals surface area contributed by atoms with Gasteiger partial charge in [-0.05, 0) is 12.3 Å². The first-order valence-corrected chi connectivity index (χ1v) is 6.13. The molecule has 62 valence electrons. The number of hydrogen-bond donors (Lipinski definition) is 0. The van der Waals surface area contributed by atoms with Crippen LogP contribution in [-0.2, 0) is 9.09 Å². The van der Waals surface area contributed by atoms with E-state index in [-0.39, 0.29) is 0 Å². The van der Waals surface area contributed by atoms with Gasteiger partial charge in [-0.15, -0.1) is 0 Å². The second kappa shape index (κ2) is 4.15. The predicted octanol–water partition coefficient (Wildman–Crippen LogP) is 2.59. The van der Waals surface area contributed by atoms with Crippen molar-refractivity contribution in [3.05, 3.63) is 0 Å². The Morgan fingerprint density at radius 2 is 1.90 bits per heavy atom. The highest BCUT2D eigenvalue weighted by Crippen LogP contribution is 2.37. The maximum Gasteiger partial charge on any atom is 0.197 e. The molecule has 0 aromatic rings. The van der Waals surface area contributed by atoms with Crippen LogP contribution in [0.2, 0.25) is 0 Å². The molecule has 0 unspecified atom stereocenters. The predicted molar refractivity (Wildman–Crippen MR) is 44.9 cm³/mol. The lowest BCUT2D eigenvalue weighted by atomic mass is 10.2. The average molecular weight is 164 g/mol. The van der Waals surface area contributed by atoms with E-state index in [0.29, 0.717) is 12.5 Å². The van der Waals surface area contributed by atoms with Crippen LogP contribution in [0.5, 0.6) is 0 Å². The Morgan fingerprint density at radius 3 is 2.20 bits per heavy atom. The van der Waals surface area contributed by atoms with Crippen molar-refractivity contribution in [1.82, 2.24) is 0 Å². The van der Waals surface area contributed by atoms with E-state index in [1.165, 1.54) is 0 Å². The molecule has 0 saturated carbocycles. The van der Waals surface area contributed by atoms with Crippen molar-refractivity contribution >= 4 is 7.37 Å². The van der Waals surface area contributed by atoms with Crippen molar-refractivity contribution in [2.24, 2.45) is 5.92 Å². The molecule has 0 fully saturated rings. The first-order valence-electron chi connectivity index (χ1n) is 3.61.